The van der Waals surface area contributed by atoms with Crippen molar-refractivity contribution in [2.24, 2.45) is 10.8 Å². The molecule has 0 aliphatic carbocycles. The Morgan fingerprint density at radius 1 is 0.870 bits per heavy atom. The van der Waals surface area contributed by atoms with Gasteiger partial charge in [-0.2, -0.15) is 0 Å². The standard InChI is InChI=1S/C35H49N3O8/c1-33(2,3)31(42)45-25-17-23(18-26(20-25)46-32(43)34(4,5)6)19-28(39)37-35(7,8)22-36-30(41)27-15-12-16-38(27)29(40)21-44-24-13-10-9-11-14-24/h9-11,13-14,17-18,20,27-28,37,39H,12,15-16,19,21-22H2,1-8H3,(H,36,41)/t27-,28?/m1/s1. The summed E-state index contributed by atoms with van der Waals surface area (Å²) in [6, 6.07) is 13.1. The molecule has 1 saturated heterocycles. The summed E-state index contributed by atoms with van der Waals surface area (Å²) in [5.41, 5.74) is -1.69. The van der Waals surface area contributed by atoms with Crippen LogP contribution in [0.25, 0.3) is 0 Å². The molecule has 2 atom stereocenters. The fourth-order valence-corrected chi connectivity index (χ4v) is 4.67. The van der Waals surface area contributed by atoms with Crippen molar-refractivity contribution in [3.8, 4) is 17.2 Å². The highest BCUT2D eigenvalue weighted by Crippen LogP contribution is 2.28. The van der Waals surface area contributed by atoms with Gasteiger partial charge in [-0.3, -0.25) is 24.5 Å². The number of hydrogen-bond donors (Lipinski definition) is 3. The van der Waals surface area contributed by atoms with E-state index in [2.05, 4.69) is 10.6 Å². The van der Waals surface area contributed by atoms with Crippen LogP contribution in [0.3, 0.4) is 0 Å². The first-order valence-corrected chi connectivity index (χ1v) is 15.6. The maximum Gasteiger partial charge on any atom is 0.316 e. The number of nitrogens with one attached hydrogen (secondary N) is 2. The van der Waals surface area contributed by atoms with Crippen LogP contribution < -0.4 is 24.8 Å². The molecule has 3 rings (SSSR count). The first-order chi connectivity index (χ1) is 21.3. The third-order valence-electron chi connectivity index (χ3n) is 7.26. The van der Waals surface area contributed by atoms with E-state index in [9.17, 15) is 24.3 Å². The molecular weight excluding hydrogens is 590 g/mol. The van der Waals surface area contributed by atoms with E-state index in [1.165, 1.54) is 6.07 Å². The number of carbonyl (C=O) groups is 4. The highest BCUT2D eigenvalue weighted by Gasteiger charge is 2.35. The van der Waals surface area contributed by atoms with Gasteiger partial charge in [0.15, 0.2) is 6.61 Å². The molecule has 0 radical (unpaired) electrons. The van der Waals surface area contributed by atoms with E-state index in [0.29, 0.717) is 30.7 Å². The number of likely N-dealkylation sites (tertiary alicyclic amines) is 1. The zero-order valence-corrected chi connectivity index (χ0v) is 28.3. The summed E-state index contributed by atoms with van der Waals surface area (Å²) in [5, 5.41) is 17.0. The van der Waals surface area contributed by atoms with Gasteiger partial charge < -0.3 is 29.5 Å². The normalized spacial score (nSPS) is 16.0. The smallest absolute Gasteiger partial charge is 0.316 e. The summed E-state index contributed by atoms with van der Waals surface area (Å²) in [7, 11) is 0. The molecule has 1 aliphatic heterocycles. The van der Waals surface area contributed by atoms with Crippen LogP contribution in [0.5, 0.6) is 17.2 Å². The van der Waals surface area contributed by atoms with Crippen LogP contribution in [0.15, 0.2) is 48.5 Å². The van der Waals surface area contributed by atoms with E-state index < -0.39 is 40.6 Å². The molecule has 2 amide bonds. The van der Waals surface area contributed by atoms with Crippen molar-refractivity contribution < 1.29 is 38.5 Å². The number of amides is 2. The van der Waals surface area contributed by atoms with Crippen LogP contribution in [0, 0.1) is 10.8 Å². The molecule has 1 heterocycles. The lowest BCUT2D eigenvalue weighted by atomic mass is 9.97. The zero-order valence-electron chi connectivity index (χ0n) is 28.3. The van der Waals surface area contributed by atoms with Gasteiger partial charge in [0.2, 0.25) is 5.91 Å². The lowest BCUT2D eigenvalue weighted by molar-refractivity contribution is -0.143. The monoisotopic (exact) mass is 639 g/mol. The van der Waals surface area contributed by atoms with Gasteiger partial charge in [0.05, 0.1) is 10.8 Å². The molecular formula is C35H49N3O8. The Bertz CT molecular complexity index is 1330. The first kappa shape index (κ1) is 36.5. The summed E-state index contributed by atoms with van der Waals surface area (Å²) in [6.45, 7) is 14.6. The van der Waals surface area contributed by atoms with Gasteiger partial charge in [-0.1, -0.05) is 18.2 Å². The van der Waals surface area contributed by atoms with Crippen molar-refractivity contribution >= 4 is 23.8 Å². The van der Waals surface area contributed by atoms with Gasteiger partial charge in [-0.05, 0) is 98.1 Å². The SMILES string of the molecule is CC(C)(CNC(=O)[C@H]1CCCN1C(=O)COc1ccccc1)NC(O)Cc1cc(OC(=O)C(C)(C)C)cc(OC(=O)C(C)(C)C)c1. The average Bonchev–Trinajstić information content (AvgIpc) is 3.44. The van der Waals surface area contributed by atoms with Crippen LogP contribution in [0.1, 0.15) is 73.8 Å². The fourth-order valence-electron chi connectivity index (χ4n) is 4.67. The molecule has 11 heteroatoms. The molecule has 1 unspecified atom stereocenters. The van der Waals surface area contributed by atoms with Gasteiger partial charge in [0, 0.05) is 31.1 Å². The summed E-state index contributed by atoms with van der Waals surface area (Å²) < 4.78 is 16.7. The minimum Gasteiger partial charge on any atom is -0.484 e. The molecule has 0 bridgehead atoms. The Balaban J connectivity index is 1.61. The fraction of sp³-hybridized carbons (Fsp3) is 0.543. The zero-order chi connectivity index (χ0) is 34.3. The molecule has 46 heavy (non-hydrogen) atoms. The predicted molar refractivity (Wildman–Crippen MR) is 173 cm³/mol. The van der Waals surface area contributed by atoms with Crippen molar-refractivity contribution in [3.05, 3.63) is 54.1 Å². The number of hydrogen-bond acceptors (Lipinski definition) is 9. The largest absolute Gasteiger partial charge is 0.484 e. The number of ether oxygens (including phenoxy) is 3. The van der Waals surface area contributed by atoms with E-state index >= 15 is 0 Å². The summed E-state index contributed by atoms with van der Waals surface area (Å²) in [6.07, 6.45) is 0.293. The maximum atomic E-state index is 13.1. The number of rotatable bonds is 12. The topological polar surface area (TPSA) is 144 Å². The van der Waals surface area contributed by atoms with E-state index in [1.807, 2.05) is 32.0 Å². The van der Waals surface area contributed by atoms with Crippen molar-refractivity contribution in [1.29, 1.82) is 0 Å². The number of aliphatic hydroxyl groups excluding tert-OH is 1. The van der Waals surface area contributed by atoms with E-state index in [4.69, 9.17) is 14.2 Å². The Morgan fingerprint density at radius 3 is 1.98 bits per heavy atom. The van der Waals surface area contributed by atoms with Gasteiger partial charge in [-0.15, -0.1) is 0 Å². The average molecular weight is 640 g/mol. The summed E-state index contributed by atoms with van der Waals surface area (Å²) >= 11 is 0. The van der Waals surface area contributed by atoms with Crippen LogP contribution in [-0.4, -0.2) is 71.3 Å². The van der Waals surface area contributed by atoms with Crippen LogP contribution in [0.4, 0.5) is 0 Å². The molecule has 0 aromatic heterocycles. The minimum atomic E-state index is -1.06. The first-order valence-electron chi connectivity index (χ1n) is 15.6. The van der Waals surface area contributed by atoms with E-state index in [1.54, 1.807) is 70.7 Å². The number of aliphatic hydroxyl groups is 1. The van der Waals surface area contributed by atoms with E-state index in [0.717, 1.165) is 0 Å². The number of benzene rings is 2. The quantitative estimate of drug-likeness (QED) is 0.178. The maximum absolute atomic E-state index is 13.1. The molecule has 2 aromatic carbocycles. The van der Waals surface area contributed by atoms with Gasteiger partial charge in [0.1, 0.15) is 29.5 Å². The summed E-state index contributed by atoms with van der Waals surface area (Å²) in [5.74, 6) is -0.470. The molecule has 1 fully saturated rings. The molecule has 2 aromatic rings. The Labute approximate surface area is 272 Å². The molecule has 0 saturated carbocycles. The lowest BCUT2D eigenvalue weighted by Crippen LogP contribution is -2.56. The predicted octanol–water partition coefficient (Wildman–Crippen LogP) is 4.00. The Kier molecular flexibility index (Phi) is 12.0. The number of esters is 2. The van der Waals surface area contributed by atoms with Gasteiger partial charge in [-0.25, -0.2) is 0 Å². The number of carbonyl (C=O) groups excluding carboxylic acids is 4. The number of nitrogens with zero attached hydrogens (tertiary/aromatic N) is 1. The molecule has 252 valence electrons. The second-order valence-electron chi connectivity index (χ2n) is 14.4. The molecule has 11 nitrogen and oxygen atoms in total. The minimum absolute atomic E-state index is 0.0880. The molecule has 1 aliphatic rings. The van der Waals surface area contributed by atoms with Crippen LogP contribution in [0.2, 0.25) is 0 Å². The van der Waals surface area contributed by atoms with Gasteiger partial charge in [0.25, 0.3) is 5.91 Å². The van der Waals surface area contributed by atoms with Crippen molar-refractivity contribution in [2.75, 3.05) is 19.7 Å². The summed E-state index contributed by atoms with van der Waals surface area (Å²) in [4.78, 5) is 52.7. The third-order valence-corrected chi connectivity index (χ3v) is 7.26. The van der Waals surface area contributed by atoms with E-state index in [-0.39, 0.29) is 42.9 Å². The highest BCUT2D eigenvalue weighted by molar-refractivity contribution is 5.88. The second kappa shape index (κ2) is 15.1. The Morgan fingerprint density at radius 2 is 1.43 bits per heavy atom. The lowest BCUT2D eigenvalue weighted by Gasteiger charge is -2.31. The van der Waals surface area contributed by atoms with Crippen LogP contribution in [-0.2, 0) is 25.6 Å². The van der Waals surface area contributed by atoms with Gasteiger partial charge >= 0.3 is 11.9 Å². The highest BCUT2D eigenvalue weighted by atomic mass is 16.5. The van der Waals surface area contributed by atoms with Crippen LogP contribution >= 0.6 is 0 Å². The van der Waals surface area contributed by atoms with Crippen molar-refractivity contribution in [1.82, 2.24) is 15.5 Å². The second-order valence-corrected chi connectivity index (χ2v) is 14.4. The number of para-hydroxylation sites is 1. The molecule has 0 spiro atoms. The van der Waals surface area contributed by atoms with Crippen molar-refractivity contribution in [3.63, 3.8) is 0 Å². The van der Waals surface area contributed by atoms with Crippen molar-refractivity contribution in [2.45, 2.75) is 92.5 Å². The molecule has 3 N–H and O–H groups in total. The third kappa shape index (κ3) is 11.1. The Hall–Kier alpha value is -3.96.